The second-order valence-electron chi connectivity index (χ2n) is 4.54. The average molecular weight is 279 g/mol. The molecule has 0 bridgehead atoms. The van der Waals surface area contributed by atoms with Crippen LogP contribution in [-0.2, 0) is 6.42 Å². The van der Waals surface area contributed by atoms with E-state index in [9.17, 15) is 0 Å². The summed E-state index contributed by atoms with van der Waals surface area (Å²) in [5.41, 5.74) is 2.67. The average Bonchev–Trinajstić information content (AvgIpc) is 2.90. The van der Waals surface area contributed by atoms with Crippen molar-refractivity contribution < 1.29 is 0 Å². The molecule has 2 aromatic rings. The number of H-pyrrole nitrogens is 1. The molecule has 0 radical (unpaired) electrons. The van der Waals surface area contributed by atoms with E-state index in [1.165, 1.54) is 42.4 Å². The van der Waals surface area contributed by atoms with Crippen LogP contribution in [-0.4, -0.2) is 18.1 Å². The van der Waals surface area contributed by atoms with Crippen LogP contribution < -0.4 is 5.32 Å². The van der Waals surface area contributed by atoms with Crippen molar-refractivity contribution in [1.82, 2.24) is 10.3 Å². The maximum atomic E-state index is 3.58. The van der Waals surface area contributed by atoms with Gasteiger partial charge in [0, 0.05) is 16.1 Å². The molecule has 1 atom stereocenters. The van der Waals surface area contributed by atoms with Gasteiger partial charge in [0.1, 0.15) is 0 Å². The van der Waals surface area contributed by atoms with Crippen molar-refractivity contribution >= 4 is 26.8 Å². The number of aromatic nitrogens is 1. The predicted octanol–water partition coefficient (Wildman–Crippen LogP) is 3.08. The number of nitrogens with one attached hydrogen (secondary N) is 2. The highest BCUT2D eigenvalue weighted by Crippen LogP contribution is 2.27. The molecular weight excluding hydrogens is 264 g/mol. The standard InChI is InChI=1S/C13H15BrN2/c14-12-3-1-2-11-10(8-16-13(11)12)6-9-4-5-15-7-9/h1-3,8-9,15-16H,4-7H2. The molecular formula is C13H15BrN2. The van der Waals surface area contributed by atoms with Crippen molar-refractivity contribution in [3.05, 3.63) is 34.4 Å². The van der Waals surface area contributed by atoms with Gasteiger partial charge in [-0.2, -0.15) is 0 Å². The number of hydrogen-bond donors (Lipinski definition) is 2. The number of para-hydroxylation sites is 1. The lowest BCUT2D eigenvalue weighted by atomic mass is 9.98. The fourth-order valence-corrected chi connectivity index (χ4v) is 3.02. The molecule has 1 aromatic heterocycles. The molecule has 2 N–H and O–H groups in total. The molecule has 3 heteroatoms. The summed E-state index contributed by atoms with van der Waals surface area (Å²) in [6.07, 6.45) is 4.65. The van der Waals surface area contributed by atoms with Crippen LogP contribution in [0.2, 0.25) is 0 Å². The van der Waals surface area contributed by atoms with Crippen molar-refractivity contribution in [2.45, 2.75) is 12.8 Å². The molecule has 16 heavy (non-hydrogen) atoms. The lowest BCUT2D eigenvalue weighted by Crippen LogP contribution is -2.10. The first-order chi connectivity index (χ1) is 7.84. The van der Waals surface area contributed by atoms with Gasteiger partial charge in [-0.05, 0) is 59.4 Å². The van der Waals surface area contributed by atoms with E-state index in [0.717, 1.165) is 10.4 Å². The molecule has 84 valence electrons. The van der Waals surface area contributed by atoms with Crippen LogP contribution in [0, 0.1) is 5.92 Å². The van der Waals surface area contributed by atoms with Crippen LogP contribution in [0.1, 0.15) is 12.0 Å². The molecule has 1 aromatic carbocycles. The Hall–Kier alpha value is -0.800. The van der Waals surface area contributed by atoms with Crippen LogP contribution in [0.15, 0.2) is 28.9 Å². The first kappa shape index (κ1) is 10.4. The molecule has 1 aliphatic heterocycles. The highest BCUT2D eigenvalue weighted by atomic mass is 79.9. The molecule has 1 fully saturated rings. The molecule has 0 saturated carbocycles. The number of benzene rings is 1. The Balaban J connectivity index is 1.94. The summed E-state index contributed by atoms with van der Waals surface area (Å²) in [5, 5.41) is 4.79. The van der Waals surface area contributed by atoms with Gasteiger partial charge in [-0.15, -0.1) is 0 Å². The molecule has 0 spiro atoms. The molecule has 3 rings (SSSR count). The first-order valence-corrected chi connectivity index (χ1v) is 6.59. The molecule has 1 unspecified atom stereocenters. The maximum absolute atomic E-state index is 3.58. The van der Waals surface area contributed by atoms with Gasteiger partial charge >= 0.3 is 0 Å². The van der Waals surface area contributed by atoms with Gasteiger partial charge in [-0.3, -0.25) is 0 Å². The van der Waals surface area contributed by atoms with E-state index in [1.54, 1.807) is 0 Å². The first-order valence-electron chi connectivity index (χ1n) is 5.80. The van der Waals surface area contributed by atoms with Crippen LogP contribution in [0.5, 0.6) is 0 Å². The molecule has 0 amide bonds. The normalized spacial score (nSPS) is 20.7. The summed E-state index contributed by atoms with van der Waals surface area (Å²) >= 11 is 3.58. The van der Waals surface area contributed by atoms with E-state index in [4.69, 9.17) is 0 Å². The Morgan fingerprint density at radius 2 is 2.31 bits per heavy atom. The van der Waals surface area contributed by atoms with Gasteiger partial charge in [0.15, 0.2) is 0 Å². The Kier molecular flexibility index (Phi) is 2.74. The fourth-order valence-electron chi connectivity index (χ4n) is 2.54. The predicted molar refractivity (Wildman–Crippen MR) is 70.7 cm³/mol. The Bertz CT molecular complexity index is 498. The van der Waals surface area contributed by atoms with Gasteiger partial charge < -0.3 is 10.3 Å². The monoisotopic (exact) mass is 278 g/mol. The van der Waals surface area contributed by atoms with Crippen molar-refractivity contribution in [1.29, 1.82) is 0 Å². The number of rotatable bonds is 2. The molecule has 2 nitrogen and oxygen atoms in total. The molecule has 0 aliphatic carbocycles. The van der Waals surface area contributed by atoms with Crippen LogP contribution in [0.3, 0.4) is 0 Å². The van der Waals surface area contributed by atoms with Crippen LogP contribution in [0.4, 0.5) is 0 Å². The molecule has 1 aliphatic rings. The van der Waals surface area contributed by atoms with E-state index < -0.39 is 0 Å². The Morgan fingerprint density at radius 1 is 1.38 bits per heavy atom. The summed E-state index contributed by atoms with van der Waals surface area (Å²) in [6.45, 7) is 2.34. The van der Waals surface area contributed by atoms with E-state index >= 15 is 0 Å². The minimum Gasteiger partial charge on any atom is -0.360 e. The highest BCUT2D eigenvalue weighted by molar-refractivity contribution is 9.10. The summed E-state index contributed by atoms with van der Waals surface area (Å²) in [5.74, 6) is 0.804. The zero-order valence-electron chi connectivity index (χ0n) is 9.09. The summed E-state index contributed by atoms with van der Waals surface area (Å²) in [7, 11) is 0. The third kappa shape index (κ3) is 1.78. The zero-order valence-corrected chi connectivity index (χ0v) is 10.7. The minimum absolute atomic E-state index is 0.804. The SMILES string of the molecule is Brc1cccc2c(CC3CCNC3)c[nH]c12. The molecule has 2 heterocycles. The second-order valence-corrected chi connectivity index (χ2v) is 5.39. The van der Waals surface area contributed by atoms with Gasteiger partial charge in [0.2, 0.25) is 0 Å². The number of aromatic amines is 1. The summed E-state index contributed by atoms with van der Waals surface area (Å²) in [6, 6.07) is 6.39. The minimum atomic E-state index is 0.804. The zero-order chi connectivity index (χ0) is 11.0. The van der Waals surface area contributed by atoms with E-state index in [1.807, 2.05) is 0 Å². The number of hydrogen-bond acceptors (Lipinski definition) is 1. The van der Waals surface area contributed by atoms with Crippen LogP contribution in [0.25, 0.3) is 10.9 Å². The largest absolute Gasteiger partial charge is 0.360 e. The van der Waals surface area contributed by atoms with Gasteiger partial charge in [-0.1, -0.05) is 12.1 Å². The van der Waals surface area contributed by atoms with Crippen molar-refractivity contribution in [3.8, 4) is 0 Å². The van der Waals surface area contributed by atoms with E-state index in [2.05, 4.69) is 50.6 Å². The quantitative estimate of drug-likeness (QED) is 0.868. The third-order valence-electron chi connectivity index (χ3n) is 3.42. The topological polar surface area (TPSA) is 27.8 Å². The number of fused-ring (bicyclic) bond motifs is 1. The third-order valence-corrected chi connectivity index (χ3v) is 4.08. The highest BCUT2D eigenvalue weighted by Gasteiger charge is 2.16. The lowest BCUT2D eigenvalue weighted by molar-refractivity contribution is 0.582. The summed E-state index contributed by atoms with van der Waals surface area (Å²) < 4.78 is 1.15. The summed E-state index contributed by atoms with van der Waals surface area (Å²) in [4.78, 5) is 3.36. The van der Waals surface area contributed by atoms with Gasteiger partial charge in [0.25, 0.3) is 0 Å². The Labute approximate surface area is 104 Å². The lowest BCUT2D eigenvalue weighted by Gasteiger charge is -2.06. The van der Waals surface area contributed by atoms with E-state index in [-0.39, 0.29) is 0 Å². The number of halogens is 1. The maximum Gasteiger partial charge on any atom is 0.0601 e. The van der Waals surface area contributed by atoms with Crippen molar-refractivity contribution in [3.63, 3.8) is 0 Å². The van der Waals surface area contributed by atoms with Crippen LogP contribution >= 0.6 is 15.9 Å². The van der Waals surface area contributed by atoms with Gasteiger partial charge in [-0.25, -0.2) is 0 Å². The Morgan fingerprint density at radius 3 is 3.12 bits per heavy atom. The molecule has 1 saturated heterocycles. The van der Waals surface area contributed by atoms with Crippen molar-refractivity contribution in [2.75, 3.05) is 13.1 Å². The van der Waals surface area contributed by atoms with Gasteiger partial charge in [0.05, 0.1) is 5.52 Å². The second kappa shape index (κ2) is 4.22. The van der Waals surface area contributed by atoms with Crippen molar-refractivity contribution in [2.24, 2.45) is 5.92 Å². The smallest absolute Gasteiger partial charge is 0.0601 e. The van der Waals surface area contributed by atoms with E-state index in [0.29, 0.717) is 0 Å². The fraction of sp³-hybridized carbons (Fsp3) is 0.385.